The molecule has 1 aliphatic heterocycles. The van der Waals surface area contributed by atoms with Crippen LogP contribution in [0, 0.1) is 13.8 Å². The van der Waals surface area contributed by atoms with E-state index in [1.807, 2.05) is 0 Å². The number of amides is 1. The zero-order valence-electron chi connectivity index (χ0n) is 14.8. The third-order valence-electron chi connectivity index (χ3n) is 4.44. The van der Waals surface area contributed by atoms with Gasteiger partial charge in [-0.1, -0.05) is 11.2 Å². The molecule has 0 radical (unpaired) electrons. The largest absolute Gasteiger partial charge is 0.399 e. The number of carbonyl (C=O) groups is 1. The molecule has 1 aromatic carbocycles. The summed E-state index contributed by atoms with van der Waals surface area (Å²) in [5.74, 6) is 0.133. The number of anilines is 1. The van der Waals surface area contributed by atoms with Crippen LogP contribution in [-0.2, 0) is 10.0 Å². The van der Waals surface area contributed by atoms with Crippen LogP contribution in [0.1, 0.15) is 28.2 Å². The van der Waals surface area contributed by atoms with Gasteiger partial charge in [-0.3, -0.25) is 4.79 Å². The van der Waals surface area contributed by atoms with E-state index in [2.05, 4.69) is 5.16 Å². The van der Waals surface area contributed by atoms with Crippen molar-refractivity contribution in [1.82, 2.24) is 14.4 Å². The van der Waals surface area contributed by atoms with Crippen LogP contribution in [0.4, 0.5) is 5.69 Å². The maximum absolute atomic E-state index is 12.9. The number of nitrogens with zero attached hydrogens (tertiary/aromatic N) is 3. The number of hydrogen-bond acceptors (Lipinski definition) is 6. The zero-order valence-corrected chi connectivity index (χ0v) is 15.6. The Morgan fingerprint density at radius 1 is 1.19 bits per heavy atom. The van der Waals surface area contributed by atoms with Crippen molar-refractivity contribution >= 4 is 21.6 Å². The van der Waals surface area contributed by atoms with Crippen LogP contribution in [0.15, 0.2) is 33.7 Å². The molecule has 3 rings (SSSR count). The standard InChI is InChI=1S/C17H22N4O4S/c1-12-16(13(2)25-19-12)26(23,24)21-8-4-7-20(9-10-21)17(22)14-5-3-6-15(18)11-14/h3,5-6,11H,4,7-10,18H2,1-2H3. The van der Waals surface area contributed by atoms with E-state index in [0.29, 0.717) is 43.0 Å². The third kappa shape index (κ3) is 3.45. The fourth-order valence-electron chi connectivity index (χ4n) is 3.16. The van der Waals surface area contributed by atoms with Gasteiger partial charge in [0.1, 0.15) is 10.6 Å². The molecule has 0 aliphatic carbocycles. The van der Waals surface area contributed by atoms with E-state index in [-0.39, 0.29) is 23.1 Å². The number of hydrogen-bond donors (Lipinski definition) is 1. The Bertz CT molecular complexity index is 903. The Morgan fingerprint density at radius 3 is 2.62 bits per heavy atom. The van der Waals surface area contributed by atoms with Gasteiger partial charge >= 0.3 is 0 Å². The van der Waals surface area contributed by atoms with Crippen molar-refractivity contribution in [1.29, 1.82) is 0 Å². The fraction of sp³-hybridized carbons (Fsp3) is 0.412. The number of rotatable bonds is 3. The first-order valence-corrected chi connectivity index (χ1v) is 9.82. The second-order valence-corrected chi connectivity index (χ2v) is 8.20. The van der Waals surface area contributed by atoms with Gasteiger partial charge in [-0.05, 0) is 38.5 Å². The highest BCUT2D eigenvalue weighted by Gasteiger charge is 2.33. The lowest BCUT2D eigenvalue weighted by atomic mass is 10.1. The number of nitrogen functional groups attached to an aromatic ring is 1. The van der Waals surface area contributed by atoms with Crippen molar-refractivity contribution in [3.8, 4) is 0 Å². The maximum atomic E-state index is 12.9. The molecular formula is C17H22N4O4S. The van der Waals surface area contributed by atoms with Crippen LogP contribution in [0.5, 0.6) is 0 Å². The highest BCUT2D eigenvalue weighted by Crippen LogP contribution is 2.24. The summed E-state index contributed by atoms with van der Waals surface area (Å²) in [6.45, 7) is 4.56. The monoisotopic (exact) mass is 378 g/mol. The second-order valence-electron chi connectivity index (χ2n) is 6.33. The van der Waals surface area contributed by atoms with Gasteiger partial charge in [-0.25, -0.2) is 8.42 Å². The molecule has 1 aromatic heterocycles. The van der Waals surface area contributed by atoms with Gasteiger partial charge in [0.05, 0.1) is 0 Å². The highest BCUT2D eigenvalue weighted by molar-refractivity contribution is 7.89. The van der Waals surface area contributed by atoms with E-state index >= 15 is 0 Å². The number of aryl methyl sites for hydroxylation is 2. The lowest BCUT2D eigenvalue weighted by molar-refractivity contribution is 0.0764. The minimum Gasteiger partial charge on any atom is -0.399 e. The van der Waals surface area contributed by atoms with Crippen molar-refractivity contribution in [2.24, 2.45) is 0 Å². The molecule has 26 heavy (non-hydrogen) atoms. The molecule has 2 heterocycles. The molecule has 1 amide bonds. The van der Waals surface area contributed by atoms with Gasteiger partial charge in [-0.15, -0.1) is 0 Å². The SMILES string of the molecule is Cc1noc(C)c1S(=O)(=O)N1CCCN(C(=O)c2cccc(N)c2)CC1. The minimum absolute atomic E-state index is 0.119. The molecule has 0 atom stereocenters. The van der Waals surface area contributed by atoms with Gasteiger partial charge in [0.25, 0.3) is 5.91 Å². The quantitative estimate of drug-likeness (QED) is 0.809. The third-order valence-corrected chi connectivity index (χ3v) is 6.59. The van der Waals surface area contributed by atoms with Gasteiger partial charge in [0.15, 0.2) is 5.76 Å². The molecule has 8 nitrogen and oxygen atoms in total. The van der Waals surface area contributed by atoms with E-state index in [1.165, 1.54) is 4.31 Å². The molecule has 140 valence electrons. The van der Waals surface area contributed by atoms with Crippen molar-refractivity contribution in [3.63, 3.8) is 0 Å². The average Bonchev–Trinajstić information content (AvgIpc) is 2.81. The van der Waals surface area contributed by atoms with Crippen molar-refractivity contribution < 1.29 is 17.7 Å². The molecular weight excluding hydrogens is 356 g/mol. The summed E-state index contributed by atoms with van der Waals surface area (Å²) in [5, 5.41) is 3.73. The van der Waals surface area contributed by atoms with Gasteiger partial charge < -0.3 is 15.2 Å². The first kappa shape index (κ1) is 18.4. The van der Waals surface area contributed by atoms with Crippen LogP contribution < -0.4 is 5.73 Å². The molecule has 0 saturated carbocycles. The molecule has 0 unspecified atom stereocenters. The molecule has 1 fully saturated rings. The topological polar surface area (TPSA) is 110 Å². The average molecular weight is 378 g/mol. The first-order chi connectivity index (χ1) is 12.3. The van der Waals surface area contributed by atoms with Crippen LogP contribution >= 0.6 is 0 Å². The van der Waals surface area contributed by atoms with Gasteiger partial charge in [-0.2, -0.15) is 4.31 Å². The zero-order chi connectivity index (χ0) is 18.9. The summed E-state index contributed by atoms with van der Waals surface area (Å²) in [7, 11) is -3.70. The summed E-state index contributed by atoms with van der Waals surface area (Å²) >= 11 is 0. The number of aromatic nitrogens is 1. The first-order valence-electron chi connectivity index (χ1n) is 8.38. The van der Waals surface area contributed by atoms with Gasteiger partial charge in [0, 0.05) is 37.4 Å². The number of carbonyl (C=O) groups excluding carboxylic acids is 1. The van der Waals surface area contributed by atoms with Crippen molar-refractivity contribution in [3.05, 3.63) is 41.3 Å². The number of sulfonamides is 1. The summed E-state index contributed by atoms with van der Waals surface area (Å²) in [6, 6.07) is 6.79. The number of nitrogens with two attached hydrogens (primary N) is 1. The lowest BCUT2D eigenvalue weighted by Crippen LogP contribution is -2.37. The Balaban J connectivity index is 1.77. The summed E-state index contributed by atoms with van der Waals surface area (Å²) in [4.78, 5) is 14.5. The molecule has 1 aliphatic rings. The van der Waals surface area contributed by atoms with Crippen LogP contribution in [0.3, 0.4) is 0 Å². The highest BCUT2D eigenvalue weighted by atomic mass is 32.2. The second kappa shape index (κ2) is 7.08. The summed E-state index contributed by atoms with van der Waals surface area (Å²) in [6.07, 6.45) is 0.552. The minimum atomic E-state index is -3.70. The summed E-state index contributed by atoms with van der Waals surface area (Å²) in [5.41, 5.74) is 7.12. The van der Waals surface area contributed by atoms with Crippen LogP contribution in [0.25, 0.3) is 0 Å². The Kier molecular flexibility index (Phi) is 5.01. The molecule has 0 spiro atoms. The molecule has 1 saturated heterocycles. The van der Waals surface area contributed by atoms with Crippen LogP contribution in [-0.4, -0.2) is 54.9 Å². The Hall–Kier alpha value is -2.39. The fourth-order valence-corrected chi connectivity index (χ4v) is 4.92. The van der Waals surface area contributed by atoms with Crippen LogP contribution in [0.2, 0.25) is 0 Å². The lowest BCUT2D eigenvalue weighted by Gasteiger charge is -2.22. The van der Waals surface area contributed by atoms with Gasteiger partial charge in [0.2, 0.25) is 10.0 Å². The Morgan fingerprint density at radius 2 is 1.96 bits per heavy atom. The van der Waals surface area contributed by atoms with E-state index in [9.17, 15) is 13.2 Å². The molecule has 2 aromatic rings. The van der Waals surface area contributed by atoms with E-state index in [1.54, 1.807) is 43.0 Å². The van der Waals surface area contributed by atoms with E-state index in [4.69, 9.17) is 10.3 Å². The smallest absolute Gasteiger partial charge is 0.253 e. The maximum Gasteiger partial charge on any atom is 0.253 e. The Labute approximate surface area is 152 Å². The normalized spacial score (nSPS) is 16.5. The molecule has 9 heteroatoms. The van der Waals surface area contributed by atoms with E-state index in [0.717, 1.165) is 0 Å². The molecule has 0 bridgehead atoms. The number of benzene rings is 1. The van der Waals surface area contributed by atoms with E-state index < -0.39 is 10.0 Å². The van der Waals surface area contributed by atoms with Crippen molar-refractivity contribution in [2.75, 3.05) is 31.9 Å². The molecule has 2 N–H and O–H groups in total. The van der Waals surface area contributed by atoms with Crippen molar-refractivity contribution in [2.45, 2.75) is 25.2 Å². The summed E-state index contributed by atoms with van der Waals surface area (Å²) < 4.78 is 32.3. The predicted molar refractivity (Wildman–Crippen MR) is 96.1 cm³/mol. The predicted octanol–water partition coefficient (Wildman–Crippen LogP) is 1.41.